The Morgan fingerprint density at radius 1 is 1.03 bits per heavy atom. The van der Waals surface area contributed by atoms with Crippen LogP contribution < -0.4 is 10.2 Å². The van der Waals surface area contributed by atoms with Gasteiger partial charge in [-0.1, -0.05) is 48.5 Å². The fourth-order valence-electron chi connectivity index (χ4n) is 4.37. The summed E-state index contributed by atoms with van der Waals surface area (Å²) in [6.07, 6.45) is -5.02. The SMILES string of the molecule is N#CC1=C2N(N=C(N3CCOCC3)N2c2ccccc2)C(=O)NC1(c1ccccc1)C(F)(F)F. The Hall–Kier alpha value is -4.04. The zero-order chi connectivity index (χ0) is 23.9. The summed E-state index contributed by atoms with van der Waals surface area (Å²) in [7, 11) is 0. The van der Waals surface area contributed by atoms with Gasteiger partial charge in [-0.25, -0.2) is 4.79 Å². The predicted octanol–water partition coefficient (Wildman–Crippen LogP) is 3.33. The van der Waals surface area contributed by atoms with Crippen LogP contribution in [0.1, 0.15) is 5.56 Å². The number of morpholine rings is 1. The van der Waals surface area contributed by atoms with Crippen molar-refractivity contribution >= 4 is 17.7 Å². The van der Waals surface area contributed by atoms with Gasteiger partial charge < -0.3 is 15.0 Å². The van der Waals surface area contributed by atoms with Crippen molar-refractivity contribution in [1.82, 2.24) is 15.2 Å². The number of amides is 2. The standard InChI is InChI=1S/C23H19F3N6O2/c24-23(25,26)22(16-7-3-1-4-8-16)18(15-27)19-31(17-9-5-2-6-10-17)20(29-32(19)21(33)28-22)30-11-13-34-14-12-30/h1-10H,11-14H2,(H,28,33). The number of para-hydroxylation sites is 1. The van der Waals surface area contributed by atoms with E-state index in [0.29, 0.717) is 32.0 Å². The number of guanidine groups is 1. The number of benzene rings is 2. The van der Waals surface area contributed by atoms with Gasteiger partial charge in [-0.3, -0.25) is 4.90 Å². The lowest BCUT2D eigenvalue weighted by atomic mass is 9.80. The number of nitrogens with zero attached hydrogens (tertiary/aromatic N) is 5. The third-order valence-corrected chi connectivity index (χ3v) is 5.94. The molecule has 5 rings (SSSR count). The summed E-state index contributed by atoms with van der Waals surface area (Å²) in [5, 5.41) is 17.4. The van der Waals surface area contributed by atoms with Gasteiger partial charge in [0.25, 0.3) is 0 Å². The van der Waals surface area contributed by atoms with Crippen LogP contribution in [0.4, 0.5) is 23.7 Å². The average Bonchev–Trinajstić information content (AvgIpc) is 3.26. The first kappa shape index (κ1) is 21.8. The van der Waals surface area contributed by atoms with Gasteiger partial charge >= 0.3 is 12.2 Å². The Labute approximate surface area is 193 Å². The zero-order valence-electron chi connectivity index (χ0n) is 17.8. The molecule has 0 saturated carbocycles. The van der Waals surface area contributed by atoms with Crippen LogP contribution in [-0.2, 0) is 10.3 Å². The molecule has 8 nitrogen and oxygen atoms in total. The molecule has 3 aliphatic heterocycles. The molecule has 2 aromatic rings. The third kappa shape index (κ3) is 3.18. The summed E-state index contributed by atoms with van der Waals surface area (Å²) in [6.45, 7) is 1.65. The largest absolute Gasteiger partial charge is 0.421 e. The Bertz CT molecular complexity index is 1200. The van der Waals surface area contributed by atoms with Gasteiger partial charge in [-0.2, -0.15) is 23.4 Å². The van der Waals surface area contributed by atoms with Crippen molar-refractivity contribution < 1.29 is 22.7 Å². The lowest BCUT2D eigenvalue weighted by molar-refractivity contribution is -0.186. The molecule has 0 aromatic heterocycles. The predicted molar refractivity (Wildman–Crippen MR) is 116 cm³/mol. The maximum Gasteiger partial charge on any atom is 0.421 e. The molecular formula is C23H19F3N6O2. The second-order valence-electron chi connectivity index (χ2n) is 7.84. The monoisotopic (exact) mass is 468 g/mol. The molecular weight excluding hydrogens is 449 g/mol. The minimum absolute atomic E-state index is 0.249. The van der Waals surface area contributed by atoms with E-state index >= 15 is 0 Å². The molecule has 0 radical (unpaired) electrons. The number of urea groups is 1. The number of hydrogen-bond donors (Lipinski definition) is 1. The van der Waals surface area contributed by atoms with Gasteiger partial charge in [0.1, 0.15) is 11.6 Å². The molecule has 34 heavy (non-hydrogen) atoms. The molecule has 0 bridgehead atoms. The average molecular weight is 468 g/mol. The first-order valence-corrected chi connectivity index (χ1v) is 10.5. The van der Waals surface area contributed by atoms with Crippen molar-refractivity contribution in [3.8, 4) is 6.07 Å². The Kier molecular flexibility index (Phi) is 5.17. The molecule has 1 fully saturated rings. The Morgan fingerprint density at radius 2 is 1.65 bits per heavy atom. The normalized spacial score (nSPS) is 22.8. The van der Waals surface area contributed by atoms with E-state index in [9.17, 15) is 23.2 Å². The molecule has 1 unspecified atom stereocenters. The fraction of sp³-hybridized carbons (Fsp3) is 0.261. The zero-order valence-corrected chi connectivity index (χ0v) is 17.8. The van der Waals surface area contributed by atoms with Crippen molar-refractivity contribution in [2.45, 2.75) is 11.7 Å². The number of ether oxygens (including phenoxy) is 1. The molecule has 1 atom stereocenters. The number of halogens is 3. The topological polar surface area (TPSA) is 84.2 Å². The highest BCUT2D eigenvalue weighted by atomic mass is 19.4. The van der Waals surface area contributed by atoms with Gasteiger partial charge in [0.05, 0.1) is 18.9 Å². The summed E-state index contributed by atoms with van der Waals surface area (Å²) in [5.41, 5.74) is -3.53. The summed E-state index contributed by atoms with van der Waals surface area (Å²) >= 11 is 0. The Morgan fingerprint density at radius 3 is 2.24 bits per heavy atom. The molecule has 2 aromatic carbocycles. The summed E-state index contributed by atoms with van der Waals surface area (Å²) in [5.74, 6) is -0.00134. The van der Waals surface area contributed by atoms with Crippen molar-refractivity contribution in [2.75, 3.05) is 31.2 Å². The van der Waals surface area contributed by atoms with Crippen LogP contribution in [0, 0.1) is 11.3 Å². The van der Waals surface area contributed by atoms with Crippen molar-refractivity contribution in [1.29, 1.82) is 5.26 Å². The van der Waals surface area contributed by atoms with Crippen LogP contribution >= 0.6 is 0 Å². The Balaban J connectivity index is 1.79. The van der Waals surface area contributed by atoms with E-state index in [-0.39, 0.29) is 17.3 Å². The van der Waals surface area contributed by atoms with Gasteiger partial charge in [-0.15, -0.1) is 5.10 Å². The van der Waals surface area contributed by atoms with E-state index < -0.39 is 23.3 Å². The second kappa shape index (κ2) is 8.07. The molecule has 0 spiro atoms. The first-order valence-electron chi connectivity index (χ1n) is 10.5. The van der Waals surface area contributed by atoms with Crippen molar-refractivity contribution in [2.24, 2.45) is 5.10 Å². The smallest absolute Gasteiger partial charge is 0.378 e. The number of alkyl halides is 3. The quantitative estimate of drug-likeness (QED) is 0.731. The summed E-state index contributed by atoms with van der Waals surface area (Å²) in [4.78, 5) is 16.4. The molecule has 2 amide bonds. The number of rotatable bonds is 2. The van der Waals surface area contributed by atoms with Crippen LogP contribution in [-0.4, -0.2) is 54.4 Å². The highest BCUT2D eigenvalue weighted by Crippen LogP contribution is 2.49. The van der Waals surface area contributed by atoms with Crippen LogP contribution in [0.2, 0.25) is 0 Å². The van der Waals surface area contributed by atoms with E-state index in [1.165, 1.54) is 29.2 Å². The number of carbonyl (C=O) groups excluding carboxylic acids is 1. The van der Waals surface area contributed by atoms with Gasteiger partial charge in [0, 0.05) is 13.1 Å². The summed E-state index contributed by atoms with van der Waals surface area (Å²) in [6, 6.07) is 16.2. The van der Waals surface area contributed by atoms with Crippen molar-refractivity contribution in [3.05, 3.63) is 77.6 Å². The minimum Gasteiger partial charge on any atom is -0.378 e. The number of nitriles is 1. The highest BCUT2D eigenvalue weighted by molar-refractivity contribution is 6.04. The molecule has 1 saturated heterocycles. The van der Waals surface area contributed by atoms with Crippen LogP contribution in [0.15, 0.2) is 77.2 Å². The fourth-order valence-corrected chi connectivity index (χ4v) is 4.37. The van der Waals surface area contributed by atoms with E-state index in [0.717, 1.165) is 5.01 Å². The number of fused-ring (bicyclic) bond motifs is 1. The molecule has 1 N–H and O–H groups in total. The van der Waals surface area contributed by atoms with Crippen molar-refractivity contribution in [3.63, 3.8) is 0 Å². The number of nitrogens with one attached hydrogen (secondary N) is 1. The molecule has 3 heterocycles. The van der Waals surface area contributed by atoms with E-state index in [2.05, 4.69) is 10.4 Å². The molecule has 0 aliphatic carbocycles. The van der Waals surface area contributed by atoms with E-state index in [1.54, 1.807) is 42.5 Å². The van der Waals surface area contributed by atoms with Gasteiger partial charge in [-0.05, 0) is 17.7 Å². The number of hydrazone groups is 1. The highest BCUT2D eigenvalue weighted by Gasteiger charge is 2.65. The lowest BCUT2D eigenvalue weighted by Crippen LogP contribution is -2.63. The molecule has 3 aliphatic rings. The summed E-state index contributed by atoms with van der Waals surface area (Å²) < 4.78 is 49.9. The van der Waals surface area contributed by atoms with Crippen LogP contribution in [0.3, 0.4) is 0 Å². The van der Waals surface area contributed by atoms with Gasteiger partial charge in [0.2, 0.25) is 11.5 Å². The number of anilines is 1. The first-order chi connectivity index (χ1) is 16.4. The molecule has 11 heteroatoms. The second-order valence-corrected chi connectivity index (χ2v) is 7.84. The lowest BCUT2D eigenvalue weighted by Gasteiger charge is -2.42. The number of hydrogen-bond acceptors (Lipinski definition) is 6. The van der Waals surface area contributed by atoms with E-state index in [1.807, 2.05) is 4.90 Å². The molecule has 174 valence electrons. The number of carbonyl (C=O) groups is 1. The van der Waals surface area contributed by atoms with Crippen LogP contribution in [0.25, 0.3) is 0 Å². The van der Waals surface area contributed by atoms with E-state index in [4.69, 9.17) is 4.74 Å². The maximum absolute atomic E-state index is 14.8. The minimum atomic E-state index is -5.02. The van der Waals surface area contributed by atoms with Crippen LogP contribution in [0.5, 0.6) is 0 Å². The van der Waals surface area contributed by atoms with Gasteiger partial charge in [0.15, 0.2) is 5.82 Å². The third-order valence-electron chi connectivity index (χ3n) is 5.94. The maximum atomic E-state index is 14.8.